The van der Waals surface area contributed by atoms with E-state index in [2.05, 4.69) is 58.4 Å². The number of hydrogen-bond acceptors (Lipinski definition) is 4. The van der Waals surface area contributed by atoms with Gasteiger partial charge in [-0.3, -0.25) is 19.5 Å². The predicted octanol–water partition coefficient (Wildman–Crippen LogP) is 4.34. The molecule has 1 saturated carbocycles. The van der Waals surface area contributed by atoms with Gasteiger partial charge < -0.3 is 9.80 Å². The first-order valence-corrected chi connectivity index (χ1v) is 13.4. The summed E-state index contributed by atoms with van der Waals surface area (Å²) in [5.41, 5.74) is 4.70. The van der Waals surface area contributed by atoms with Crippen LogP contribution in [-0.4, -0.2) is 63.7 Å². The van der Waals surface area contributed by atoms with Crippen LogP contribution in [0.4, 0.5) is 0 Å². The molecule has 1 atom stereocenters. The van der Waals surface area contributed by atoms with Crippen molar-refractivity contribution in [3.05, 3.63) is 77.5 Å². The van der Waals surface area contributed by atoms with Crippen LogP contribution in [0.5, 0.6) is 0 Å². The Hall–Kier alpha value is -3.25. The van der Waals surface area contributed by atoms with Crippen LogP contribution in [-0.2, 0) is 22.7 Å². The molecule has 1 aromatic heterocycles. The van der Waals surface area contributed by atoms with Crippen molar-refractivity contribution in [3.8, 4) is 0 Å². The lowest BCUT2D eigenvalue weighted by Crippen LogP contribution is -2.66. The second kappa shape index (κ2) is 10.0. The molecule has 6 nitrogen and oxygen atoms in total. The van der Waals surface area contributed by atoms with Crippen molar-refractivity contribution in [2.45, 2.75) is 57.2 Å². The molecular formula is C30H34N4O2. The smallest absolute Gasteiger partial charge is 0.247 e. The molecule has 186 valence electrons. The lowest BCUT2D eigenvalue weighted by Gasteiger charge is -2.46. The summed E-state index contributed by atoms with van der Waals surface area (Å²) in [5.74, 6) is 0.805. The highest BCUT2D eigenvalue weighted by Crippen LogP contribution is 2.32. The molecule has 6 rings (SSSR count). The fourth-order valence-corrected chi connectivity index (χ4v) is 6.20. The molecule has 3 aliphatic rings. The number of aromatic nitrogens is 1. The summed E-state index contributed by atoms with van der Waals surface area (Å²) in [7, 11) is 0. The fourth-order valence-electron chi connectivity index (χ4n) is 6.20. The second-order valence-electron chi connectivity index (χ2n) is 10.6. The van der Waals surface area contributed by atoms with E-state index in [9.17, 15) is 9.59 Å². The first-order valence-electron chi connectivity index (χ1n) is 13.4. The SMILES string of the molecule is O=C1C2CN(Cc3ccc4ncccc4c3)CCN2C(=O)CN1Cc1ccc(C2CCCCC2)cc1. The molecule has 1 aliphatic carbocycles. The van der Waals surface area contributed by atoms with Crippen LogP contribution in [0.15, 0.2) is 60.8 Å². The third kappa shape index (κ3) is 4.74. The molecule has 3 fully saturated rings. The van der Waals surface area contributed by atoms with Gasteiger partial charge in [-0.05, 0) is 53.6 Å². The summed E-state index contributed by atoms with van der Waals surface area (Å²) >= 11 is 0. The number of carbonyl (C=O) groups excluding carboxylic acids is 2. The van der Waals surface area contributed by atoms with E-state index in [0.29, 0.717) is 25.6 Å². The topological polar surface area (TPSA) is 56.8 Å². The molecule has 0 N–H and O–H groups in total. The number of hydrogen-bond donors (Lipinski definition) is 0. The van der Waals surface area contributed by atoms with Crippen LogP contribution in [0.3, 0.4) is 0 Å². The van der Waals surface area contributed by atoms with Crippen LogP contribution < -0.4 is 0 Å². The van der Waals surface area contributed by atoms with Gasteiger partial charge in [-0.15, -0.1) is 0 Å². The predicted molar refractivity (Wildman–Crippen MR) is 140 cm³/mol. The van der Waals surface area contributed by atoms with Gasteiger partial charge in [-0.2, -0.15) is 0 Å². The highest BCUT2D eigenvalue weighted by Gasteiger charge is 2.42. The Balaban J connectivity index is 1.12. The normalized spacial score (nSPS) is 21.7. The molecule has 2 aromatic carbocycles. The van der Waals surface area contributed by atoms with E-state index >= 15 is 0 Å². The first-order chi connectivity index (χ1) is 17.6. The van der Waals surface area contributed by atoms with E-state index < -0.39 is 6.04 Å². The molecule has 1 unspecified atom stereocenters. The van der Waals surface area contributed by atoms with Crippen molar-refractivity contribution < 1.29 is 9.59 Å². The first kappa shape index (κ1) is 23.2. The summed E-state index contributed by atoms with van der Waals surface area (Å²) in [6.07, 6.45) is 8.37. The minimum Gasteiger partial charge on any atom is -0.327 e. The van der Waals surface area contributed by atoms with E-state index in [0.717, 1.165) is 29.6 Å². The van der Waals surface area contributed by atoms with E-state index in [1.807, 2.05) is 12.3 Å². The summed E-state index contributed by atoms with van der Waals surface area (Å²) in [5, 5.41) is 1.12. The average Bonchev–Trinajstić information content (AvgIpc) is 2.92. The van der Waals surface area contributed by atoms with Gasteiger partial charge in [0.25, 0.3) is 0 Å². The molecule has 2 aliphatic heterocycles. The third-order valence-corrected chi connectivity index (χ3v) is 8.21. The van der Waals surface area contributed by atoms with Crippen LogP contribution in [0.1, 0.15) is 54.7 Å². The number of fused-ring (bicyclic) bond motifs is 2. The van der Waals surface area contributed by atoms with Gasteiger partial charge in [0.2, 0.25) is 11.8 Å². The zero-order chi connectivity index (χ0) is 24.5. The molecule has 2 amide bonds. The molecule has 6 heteroatoms. The molecular weight excluding hydrogens is 448 g/mol. The largest absolute Gasteiger partial charge is 0.327 e. The van der Waals surface area contributed by atoms with Gasteiger partial charge in [0.05, 0.1) is 5.52 Å². The molecule has 0 bridgehead atoms. The number of pyridine rings is 1. The van der Waals surface area contributed by atoms with E-state index in [1.165, 1.54) is 43.2 Å². The van der Waals surface area contributed by atoms with Crippen molar-refractivity contribution >= 4 is 22.7 Å². The zero-order valence-electron chi connectivity index (χ0n) is 20.8. The van der Waals surface area contributed by atoms with Gasteiger partial charge in [0.1, 0.15) is 12.6 Å². The van der Waals surface area contributed by atoms with Gasteiger partial charge >= 0.3 is 0 Å². The molecule has 2 saturated heterocycles. The minimum absolute atomic E-state index is 0.0647. The summed E-state index contributed by atoms with van der Waals surface area (Å²) < 4.78 is 0. The average molecular weight is 483 g/mol. The lowest BCUT2D eigenvalue weighted by molar-refractivity contribution is -0.160. The Morgan fingerprint density at radius 3 is 2.50 bits per heavy atom. The summed E-state index contributed by atoms with van der Waals surface area (Å²) in [6, 6.07) is 18.7. The van der Waals surface area contributed by atoms with Crippen LogP contribution in [0.25, 0.3) is 10.9 Å². The summed E-state index contributed by atoms with van der Waals surface area (Å²) in [4.78, 5) is 36.7. The molecule has 3 heterocycles. The lowest BCUT2D eigenvalue weighted by atomic mass is 9.84. The molecule has 3 aromatic rings. The van der Waals surface area contributed by atoms with Crippen LogP contribution in [0, 0.1) is 0 Å². The van der Waals surface area contributed by atoms with Crippen molar-refractivity contribution in [1.29, 1.82) is 0 Å². The van der Waals surface area contributed by atoms with Gasteiger partial charge in [-0.25, -0.2) is 0 Å². The Labute approximate surface area is 212 Å². The maximum absolute atomic E-state index is 13.5. The molecule has 36 heavy (non-hydrogen) atoms. The van der Waals surface area contributed by atoms with Crippen LogP contribution in [0.2, 0.25) is 0 Å². The van der Waals surface area contributed by atoms with Crippen molar-refractivity contribution in [3.63, 3.8) is 0 Å². The van der Waals surface area contributed by atoms with E-state index in [-0.39, 0.29) is 18.4 Å². The summed E-state index contributed by atoms with van der Waals surface area (Å²) in [6.45, 7) is 3.40. The Morgan fingerprint density at radius 1 is 0.861 bits per heavy atom. The number of benzene rings is 2. The number of carbonyl (C=O) groups is 2. The minimum atomic E-state index is -0.399. The monoisotopic (exact) mass is 482 g/mol. The third-order valence-electron chi connectivity index (χ3n) is 8.21. The van der Waals surface area contributed by atoms with Crippen molar-refractivity contribution in [1.82, 2.24) is 19.7 Å². The Bertz CT molecular complexity index is 1250. The van der Waals surface area contributed by atoms with E-state index in [1.54, 1.807) is 9.80 Å². The van der Waals surface area contributed by atoms with Gasteiger partial charge in [0.15, 0.2) is 0 Å². The number of nitrogens with zero attached hydrogens (tertiary/aromatic N) is 4. The van der Waals surface area contributed by atoms with Gasteiger partial charge in [0, 0.05) is 44.3 Å². The second-order valence-corrected chi connectivity index (χ2v) is 10.6. The zero-order valence-corrected chi connectivity index (χ0v) is 20.8. The Kier molecular flexibility index (Phi) is 6.45. The fraction of sp³-hybridized carbons (Fsp3) is 0.433. The van der Waals surface area contributed by atoms with Crippen LogP contribution >= 0.6 is 0 Å². The highest BCUT2D eigenvalue weighted by atomic mass is 16.2. The van der Waals surface area contributed by atoms with Gasteiger partial charge in [-0.1, -0.05) is 55.7 Å². The number of rotatable bonds is 5. The van der Waals surface area contributed by atoms with Crippen molar-refractivity contribution in [2.24, 2.45) is 0 Å². The maximum atomic E-state index is 13.5. The molecule has 0 spiro atoms. The molecule has 0 radical (unpaired) electrons. The highest BCUT2D eigenvalue weighted by molar-refractivity contribution is 5.95. The number of amides is 2. The number of piperazine rings is 2. The standard InChI is InChI=1S/C30H34N4O2/c35-29-21-33(19-22-8-11-25(12-9-22)24-5-2-1-3-6-24)30(36)28-20-32(15-16-34(28)29)18-23-10-13-27-26(17-23)7-4-14-31-27/h4,7-14,17,24,28H,1-3,5-6,15-16,18-21H2. The maximum Gasteiger partial charge on any atom is 0.247 e. The van der Waals surface area contributed by atoms with Crippen molar-refractivity contribution in [2.75, 3.05) is 26.2 Å². The van der Waals surface area contributed by atoms with E-state index in [4.69, 9.17) is 0 Å². The quantitative estimate of drug-likeness (QED) is 0.543. The Morgan fingerprint density at radius 2 is 1.67 bits per heavy atom.